The molecule has 0 saturated carbocycles. The molecule has 0 radical (unpaired) electrons. The molecule has 108 valence electrons. The van der Waals surface area contributed by atoms with Gasteiger partial charge >= 0.3 is 0 Å². The van der Waals surface area contributed by atoms with Crippen LogP contribution in [0.4, 0.5) is 0 Å². The number of aliphatic hydroxyl groups excluding tert-OH is 1. The monoisotopic (exact) mass is 291 g/mol. The van der Waals surface area contributed by atoms with Crippen molar-refractivity contribution < 1.29 is 9.84 Å². The van der Waals surface area contributed by atoms with Crippen LogP contribution in [0, 0.1) is 0 Å². The Kier molecular flexibility index (Phi) is 4.45. The Morgan fingerprint density at radius 2 is 1.90 bits per heavy atom. The second kappa shape index (κ2) is 5.94. The Bertz CT molecular complexity index is 553. The summed E-state index contributed by atoms with van der Waals surface area (Å²) in [6.45, 7) is 8.69. The molecule has 20 heavy (non-hydrogen) atoms. The summed E-state index contributed by atoms with van der Waals surface area (Å²) in [5, 5.41) is 12.5. The van der Waals surface area contributed by atoms with Crippen molar-refractivity contribution in [2.45, 2.75) is 45.8 Å². The molecule has 2 rings (SSSR count). The van der Waals surface area contributed by atoms with Crippen molar-refractivity contribution >= 4 is 11.3 Å². The van der Waals surface area contributed by atoms with Gasteiger partial charge in [0, 0.05) is 10.8 Å². The molecule has 3 nitrogen and oxygen atoms in total. The molecule has 2 aromatic rings. The van der Waals surface area contributed by atoms with Crippen molar-refractivity contribution in [3.63, 3.8) is 0 Å². The van der Waals surface area contributed by atoms with E-state index in [4.69, 9.17) is 4.74 Å². The van der Waals surface area contributed by atoms with Gasteiger partial charge in [0.15, 0.2) is 0 Å². The van der Waals surface area contributed by atoms with Gasteiger partial charge in [0.1, 0.15) is 17.4 Å². The Balaban J connectivity index is 1.96. The molecule has 1 aromatic carbocycles. The number of aromatic nitrogens is 1. The molecule has 1 aromatic heterocycles. The van der Waals surface area contributed by atoms with Crippen LogP contribution in [0.2, 0.25) is 0 Å². The first-order valence-corrected chi connectivity index (χ1v) is 7.60. The van der Waals surface area contributed by atoms with Crippen LogP contribution in [-0.2, 0) is 12.0 Å². The van der Waals surface area contributed by atoms with Gasteiger partial charge in [-0.25, -0.2) is 4.98 Å². The third kappa shape index (κ3) is 3.81. The summed E-state index contributed by atoms with van der Waals surface area (Å²) < 4.78 is 5.72. The minimum atomic E-state index is -0.447. The highest BCUT2D eigenvalue weighted by molar-refractivity contribution is 7.09. The molecule has 1 atom stereocenters. The molecule has 0 unspecified atom stereocenters. The van der Waals surface area contributed by atoms with E-state index in [1.54, 1.807) is 18.3 Å². The number of benzene rings is 1. The molecule has 1 N–H and O–H groups in total. The van der Waals surface area contributed by atoms with Crippen molar-refractivity contribution in [1.29, 1.82) is 0 Å². The first kappa shape index (κ1) is 15.0. The topological polar surface area (TPSA) is 42.4 Å². The Morgan fingerprint density at radius 1 is 1.25 bits per heavy atom. The van der Waals surface area contributed by atoms with Crippen molar-refractivity contribution in [2.75, 3.05) is 0 Å². The Hall–Kier alpha value is -1.39. The third-order valence-electron chi connectivity index (χ3n) is 3.04. The Labute approximate surface area is 124 Å². The van der Waals surface area contributed by atoms with Gasteiger partial charge in [-0.05, 0) is 24.6 Å². The normalized spacial score (nSPS) is 13.2. The third-order valence-corrected chi connectivity index (χ3v) is 3.87. The average molecular weight is 291 g/mol. The Morgan fingerprint density at radius 3 is 2.40 bits per heavy atom. The van der Waals surface area contributed by atoms with E-state index in [1.807, 2.05) is 24.3 Å². The fourth-order valence-corrected chi connectivity index (χ4v) is 2.64. The molecule has 1 heterocycles. The number of aliphatic hydroxyl groups is 1. The lowest BCUT2D eigenvalue weighted by atomic mass is 9.93. The predicted molar refractivity (Wildman–Crippen MR) is 82.2 cm³/mol. The molecular weight excluding hydrogens is 270 g/mol. The highest BCUT2D eigenvalue weighted by Crippen LogP contribution is 2.25. The summed E-state index contributed by atoms with van der Waals surface area (Å²) in [6.07, 6.45) is -0.447. The first-order valence-electron chi connectivity index (χ1n) is 6.72. The maximum Gasteiger partial charge on any atom is 0.140 e. The highest BCUT2D eigenvalue weighted by atomic mass is 32.1. The number of hydrogen-bond donors (Lipinski definition) is 1. The zero-order valence-corrected chi connectivity index (χ0v) is 13.2. The van der Waals surface area contributed by atoms with E-state index in [2.05, 4.69) is 31.1 Å². The van der Waals surface area contributed by atoms with Crippen LogP contribution in [-0.4, -0.2) is 10.1 Å². The minimum absolute atomic E-state index is 0.0770. The first-order chi connectivity index (χ1) is 9.36. The maximum absolute atomic E-state index is 9.45. The molecule has 0 aliphatic rings. The number of rotatable bonds is 4. The maximum atomic E-state index is 9.45. The zero-order valence-electron chi connectivity index (χ0n) is 12.4. The van der Waals surface area contributed by atoms with Crippen LogP contribution in [0.15, 0.2) is 29.6 Å². The van der Waals surface area contributed by atoms with Crippen LogP contribution in [0.5, 0.6) is 5.75 Å². The summed E-state index contributed by atoms with van der Waals surface area (Å²) >= 11 is 1.63. The van der Waals surface area contributed by atoms with E-state index in [0.29, 0.717) is 6.61 Å². The van der Waals surface area contributed by atoms with E-state index in [0.717, 1.165) is 22.0 Å². The smallest absolute Gasteiger partial charge is 0.140 e. The van der Waals surface area contributed by atoms with E-state index < -0.39 is 6.10 Å². The lowest BCUT2D eigenvalue weighted by Gasteiger charge is -2.14. The van der Waals surface area contributed by atoms with E-state index in [-0.39, 0.29) is 5.41 Å². The van der Waals surface area contributed by atoms with Gasteiger partial charge < -0.3 is 9.84 Å². The number of hydrogen-bond acceptors (Lipinski definition) is 4. The fourth-order valence-electron chi connectivity index (χ4n) is 1.71. The van der Waals surface area contributed by atoms with Crippen LogP contribution < -0.4 is 4.74 Å². The quantitative estimate of drug-likeness (QED) is 0.923. The molecule has 0 aliphatic carbocycles. The number of nitrogens with zero attached hydrogens (tertiary/aromatic N) is 1. The van der Waals surface area contributed by atoms with Crippen molar-refractivity contribution in [1.82, 2.24) is 4.98 Å². The predicted octanol–water partition coefficient (Wildman–Crippen LogP) is 4.07. The molecule has 0 fully saturated rings. The van der Waals surface area contributed by atoms with Gasteiger partial charge in [0.25, 0.3) is 0 Å². The molecule has 4 heteroatoms. The van der Waals surface area contributed by atoms with E-state index in [1.165, 1.54) is 0 Å². The molecule has 0 spiro atoms. The lowest BCUT2D eigenvalue weighted by molar-refractivity contribution is 0.199. The summed E-state index contributed by atoms with van der Waals surface area (Å²) in [6, 6.07) is 7.51. The van der Waals surface area contributed by atoms with E-state index in [9.17, 15) is 5.11 Å². The van der Waals surface area contributed by atoms with Crippen molar-refractivity contribution in [2.24, 2.45) is 0 Å². The molecular formula is C16H21NO2S. The molecule has 0 amide bonds. The molecule has 0 aliphatic heterocycles. The SMILES string of the molecule is C[C@@H](O)c1ccc(OCc2nc(C(C)(C)C)cs2)cc1. The van der Waals surface area contributed by atoms with E-state index >= 15 is 0 Å². The summed E-state index contributed by atoms with van der Waals surface area (Å²) in [4.78, 5) is 4.60. The van der Waals surface area contributed by atoms with Crippen LogP contribution in [0.3, 0.4) is 0 Å². The second-order valence-electron chi connectivity index (χ2n) is 5.91. The van der Waals surface area contributed by atoms with Crippen LogP contribution >= 0.6 is 11.3 Å². The zero-order chi connectivity index (χ0) is 14.8. The second-order valence-corrected chi connectivity index (χ2v) is 6.85. The van der Waals surface area contributed by atoms with Gasteiger partial charge in [-0.3, -0.25) is 0 Å². The van der Waals surface area contributed by atoms with Gasteiger partial charge in [-0.2, -0.15) is 0 Å². The molecule has 0 saturated heterocycles. The minimum Gasteiger partial charge on any atom is -0.486 e. The average Bonchev–Trinajstić information content (AvgIpc) is 2.85. The van der Waals surface area contributed by atoms with Gasteiger partial charge in [0.05, 0.1) is 11.8 Å². The number of ether oxygens (including phenoxy) is 1. The standard InChI is InChI=1S/C16H21NO2S/c1-11(18)12-5-7-13(8-6-12)19-9-15-17-14(10-20-15)16(2,3)4/h5-8,10-11,18H,9H2,1-4H3/t11-/m1/s1. The van der Waals surface area contributed by atoms with Crippen LogP contribution in [0.1, 0.15) is 50.1 Å². The van der Waals surface area contributed by atoms with Crippen LogP contribution in [0.25, 0.3) is 0 Å². The van der Waals surface area contributed by atoms with Crippen molar-refractivity contribution in [3.05, 3.63) is 45.9 Å². The van der Waals surface area contributed by atoms with Gasteiger partial charge in [-0.15, -0.1) is 11.3 Å². The highest BCUT2D eigenvalue weighted by Gasteiger charge is 2.17. The summed E-state index contributed by atoms with van der Waals surface area (Å²) in [7, 11) is 0. The summed E-state index contributed by atoms with van der Waals surface area (Å²) in [5.41, 5.74) is 2.07. The number of thiazole rings is 1. The molecule has 0 bridgehead atoms. The largest absolute Gasteiger partial charge is 0.486 e. The summed E-state index contributed by atoms with van der Waals surface area (Å²) in [5.74, 6) is 0.793. The van der Waals surface area contributed by atoms with Crippen molar-refractivity contribution in [3.8, 4) is 5.75 Å². The van der Waals surface area contributed by atoms with Gasteiger partial charge in [-0.1, -0.05) is 32.9 Å². The van der Waals surface area contributed by atoms with Gasteiger partial charge in [0.2, 0.25) is 0 Å². The lowest BCUT2D eigenvalue weighted by Crippen LogP contribution is -2.11. The fraction of sp³-hybridized carbons (Fsp3) is 0.438.